The zero-order valence-electron chi connectivity index (χ0n) is 11.6. The molecule has 1 saturated heterocycles. The van der Waals surface area contributed by atoms with E-state index in [1.54, 1.807) is 0 Å². The van der Waals surface area contributed by atoms with Gasteiger partial charge >= 0.3 is 0 Å². The molecule has 0 bridgehead atoms. The Morgan fingerprint density at radius 2 is 1.94 bits per heavy atom. The molecule has 3 nitrogen and oxygen atoms in total. The summed E-state index contributed by atoms with van der Waals surface area (Å²) in [5.74, 6) is 0.737. The van der Waals surface area contributed by atoms with Crippen LogP contribution < -0.4 is 5.73 Å². The van der Waals surface area contributed by atoms with E-state index in [1.165, 1.54) is 51.6 Å². The van der Waals surface area contributed by atoms with Gasteiger partial charge in [0.2, 0.25) is 0 Å². The monoisotopic (exact) mass is 239 g/mol. The Hall–Kier alpha value is -0.120. The van der Waals surface area contributed by atoms with Gasteiger partial charge in [0, 0.05) is 18.6 Å². The Balaban J connectivity index is 1.94. The van der Waals surface area contributed by atoms with Crippen molar-refractivity contribution in [3.8, 4) is 0 Å². The zero-order chi connectivity index (χ0) is 12.3. The van der Waals surface area contributed by atoms with Crippen LogP contribution in [0.4, 0.5) is 0 Å². The van der Waals surface area contributed by atoms with E-state index in [4.69, 9.17) is 5.73 Å². The van der Waals surface area contributed by atoms with E-state index in [2.05, 4.69) is 23.9 Å². The maximum Gasteiger partial charge on any atom is 0.0223 e. The molecule has 1 aliphatic heterocycles. The predicted molar refractivity (Wildman–Crippen MR) is 73.1 cm³/mol. The molecule has 1 aliphatic carbocycles. The Morgan fingerprint density at radius 3 is 2.65 bits per heavy atom. The molecule has 2 aliphatic rings. The smallest absolute Gasteiger partial charge is 0.0223 e. The fourth-order valence-corrected chi connectivity index (χ4v) is 3.74. The summed E-state index contributed by atoms with van der Waals surface area (Å²) in [6.45, 7) is 3.39. The number of hydrogen-bond acceptors (Lipinski definition) is 3. The molecule has 2 rings (SSSR count). The van der Waals surface area contributed by atoms with E-state index in [0.717, 1.165) is 24.5 Å². The normalized spacial score (nSPS) is 36.4. The molecule has 0 aromatic carbocycles. The van der Waals surface area contributed by atoms with Gasteiger partial charge in [-0.25, -0.2) is 0 Å². The van der Waals surface area contributed by atoms with E-state index < -0.39 is 0 Å². The third-order valence-electron chi connectivity index (χ3n) is 4.87. The van der Waals surface area contributed by atoms with Crippen LogP contribution in [-0.2, 0) is 0 Å². The van der Waals surface area contributed by atoms with E-state index in [0.29, 0.717) is 0 Å². The number of hydrogen-bond donors (Lipinski definition) is 1. The van der Waals surface area contributed by atoms with Crippen LogP contribution in [0.1, 0.15) is 38.5 Å². The van der Waals surface area contributed by atoms with Gasteiger partial charge in [-0.15, -0.1) is 0 Å². The number of likely N-dealkylation sites (tertiary alicyclic amines) is 1. The summed E-state index contributed by atoms with van der Waals surface area (Å²) in [6, 6.07) is 1.50. The van der Waals surface area contributed by atoms with Gasteiger partial charge in [-0.2, -0.15) is 0 Å². The highest BCUT2D eigenvalue weighted by atomic mass is 15.2. The van der Waals surface area contributed by atoms with Crippen molar-refractivity contribution in [2.45, 2.75) is 50.6 Å². The van der Waals surface area contributed by atoms with Gasteiger partial charge in [-0.3, -0.25) is 4.90 Å². The average molecular weight is 239 g/mol. The van der Waals surface area contributed by atoms with Crippen LogP contribution >= 0.6 is 0 Å². The second kappa shape index (κ2) is 6.17. The zero-order valence-corrected chi connectivity index (χ0v) is 11.6. The molecule has 0 aromatic heterocycles. The Kier molecular flexibility index (Phi) is 4.83. The van der Waals surface area contributed by atoms with Crippen LogP contribution in [0.5, 0.6) is 0 Å². The lowest BCUT2D eigenvalue weighted by molar-refractivity contribution is 0.0539. The third kappa shape index (κ3) is 3.21. The first kappa shape index (κ1) is 13.3. The van der Waals surface area contributed by atoms with Crippen molar-refractivity contribution in [2.24, 2.45) is 11.7 Å². The molecule has 0 spiro atoms. The molecule has 3 unspecified atom stereocenters. The molecule has 3 atom stereocenters. The lowest BCUT2D eigenvalue weighted by atomic mass is 9.82. The summed E-state index contributed by atoms with van der Waals surface area (Å²) in [7, 11) is 4.59. The van der Waals surface area contributed by atoms with Crippen LogP contribution in [0.25, 0.3) is 0 Å². The minimum absolute atomic E-state index is 0.737. The lowest BCUT2D eigenvalue weighted by Gasteiger charge is -2.44. The Labute approximate surface area is 106 Å². The molecule has 3 heteroatoms. The standard InChI is InChI=1S/C14H29N3/c1-16-9-5-7-13(11-16)17(2)14-8-4-3-6-12(14)10-15/h12-14H,3-11,15H2,1-2H3. The first-order valence-electron chi connectivity index (χ1n) is 7.33. The highest BCUT2D eigenvalue weighted by Crippen LogP contribution is 2.29. The molecule has 0 aromatic rings. The highest BCUT2D eigenvalue weighted by Gasteiger charge is 2.32. The number of nitrogens with two attached hydrogens (primary N) is 1. The van der Waals surface area contributed by atoms with Crippen molar-refractivity contribution in [1.29, 1.82) is 0 Å². The van der Waals surface area contributed by atoms with Crippen molar-refractivity contribution in [3.63, 3.8) is 0 Å². The number of piperidine rings is 1. The first-order valence-corrected chi connectivity index (χ1v) is 7.33. The molecule has 17 heavy (non-hydrogen) atoms. The summed E-state index contributed by atoms with van der Waals surface area (Å²) >= 11 is 0. The molecule has 100 valence electrons. The van der Waals surface area contributed by atoms with E-state index in [1.807, 2.05) is 0 Å². The SMILES string of the molecule is CN1CCCC(N(C)C2CCCCC2CN)C1. The molecule has 2 fully saturated rings. The predicted octanol–water partition coefficient (Wildman–Crippen LogP) is 1.53. The lowest BCUT2D eigenvalue weighted by Crippen LogP contribution is -2.52. The number of rotatable bonds is 3. The Morgan fingerprint density at radius 1 is 1.18 bits per heavy atom. The molecular formula is C14H29N3. The van der Waals surface area contributed by atoms with Crippen molar-refractivity contribution < 1.29 is 0 Å². The quantitative estimate of drug-likeness (QED) is 0.811. The molecule has 2 N–H and O–H groups in total. The average Bonchev–Trinajstić information content (AvgIpc) is 2.38. The summed E-state index contributed by atoms with van der Waals surface area (Å²) in [5, 5.41) is 0. The largest absolute Gasteiger partial charge is 0.330 e. The van der Waals surface area contributed by atoms with Crippen LogP contribution in [-0.4, -0.2) is 55.6 Å². The first-order chi connectivity index (χ1) is 8.22. The molecule has 0 amide bonds. The molecule has 1 saturated carbocycles. The summed E-state index contributed by atoms with van der Waals surface area (Å²) in [5.41, 5.74) is 5.95. The third-order valence-corrected chi connectivity index (χ3v) is 4.87. The van der Waals surface area contributed by atoms with Gasteiger partial charge in [-0.1, -0.05) is 12.8 Å². The van der Waals surface area contributed by atoms with E-state index in [-0.39, 0.29) is 0 Å². The van der Waals surface area contributed by atoms with Gasteiger partial charge < -0.3 is 10.6 Å². The number of nitrogens with zero attached hydrogens (tertiary/aromatic N) is 2. The topological polar surface area (TPSA) is 32.5 Å². The summed E-state index contributed by atoms with van der Waals surface area (Å²) < 4.78 is 0. The maximum absolute atomic E-state index is 5.95. The molecule has 1 heterocycles. The summed E-state index contributed by atoms with van der Waals surface area (Å²) in [4.78, 5) is 5.14. The van der Waals surface area contributed by atoms with Gasteiger partial charge in [0.05, 0.1) is 0 Å². The van der Waals surface area contributed by atoms with E-state index >= 15 is 0 Å². The van der Waals surface area contributed by atoms with Crippen LogP contribution in [0.15, 0.2) is 0 Å². The fraction of sp³-hybridized carbons (Fsp3) is 1.00. The van der Waals surface area contributed by atoms with Crippen LogP contribution in [0, 0.1) is 5.92 Å². The minimum Gasteiger partial charge on any atom is -0.330 e. The number of likely N-dealkylation sites (N-methyl/N-ethyl adjacent to an activating group) is 2. The minimum atomic E-state index is 0.737. The maximum atomic E-state index is 5.95. The van der Waals surface area contributed by atoms with Crippen molar-refractivity contribution in [3.05, 3.63) is 0 Å². The molecule has 0 radical (unpaired) electrons. The second-order valence-electron chi connectivity index (χ2n) is 6.07. The van der Waals surface area contributed by atoms with Crippen molar-refractivity contribution in [2.75, 3.05) is 33.7 Å². The van der Waals surface area contributed by atoms with Gasteiger partial charge in [0.25, 0.3) is 0 Å². The fourth-order valence-electron chi connectivity index (χ4n) is 3.74. The van der Waals surface area contributed by atoms with Crippen molar-refractivity contribution >= 4 is 0 Å². The van der Waals surface area contributed by atoms with E-state index in [9.17, 15) is 0 Å². The van der Waals surface area contributed by atoms with Gasteiger partial charge in [0.15, 0.2) is 0 Å². The van der Waals surface area contributed by atoms with Gasteiger partial charge in [0.1, 0.15) is 0 Å². The Bertz CT molecular complexity index is 232. The second-order valence-corrected chi connectivity index (χ2v) is 6.07. The van der Waals surface area contributed by atoms with Gasteiger partial charge in [-0.05, 0) is 58.8 Å². The summed E-state index contributed by atoms with van der Waals surface area (Å²) in [6.07, 6.45) is 8.21. The molecular weight excluding hydrogens is 210 g/mol. The van der Waals surface area contributed by atoms with Crippen molar-refractivity contribution in [1.82, 2.24) is 9.80 Å². The van der Waals surface area contributed by atoms with Crippen LogP contribution in [0.2, 0.25) is 0 Å². The van der Waals surface area contributed by atoms with Crippen LogP contribution in [0.3, 0.4) is 0 Å². The highest BCUT2D eigenvalue weighted by molar-refractivity contribution is 4.88.